The Kier molecular flexibility index (Phi) is 5.91. The molecule has 2 aliphatic heterocycles. The Labute approximate surface area is 138 Å². The first kappa shape index (κ1) is 18.5. The first-order valence-corrected chi connectivity index (χ1v) is 9.89. The number of nitrogens with zero attached hydrogens (tertiary/aromatic N) is 1. The number of sulfone groups is 1. The Hall–Kier alpha value is -0.860. The molecule has 2 heterocycles. The zero-order chi connectivity index (χ0) is 17.1. The summed E-state index contributed by atoms with van der Waals surface area (Å²) in [6, 6.07) is -0.0826. The highest BCUT2D eigenvalue weighted by molar-refractivity contribution is 7.92. The molecule has 0 bridgehead atoms. The molecule has 1 N–H and O–H groups in total. The van der Waals surface area contributed by atoms with Gasteiger partial charge in [0.2, 0.25) is 0 Å². The van der Waals surface area contributed by atoms with Gasteiger partial charge in [0.1, 0.15) is 5.60 Å². The Balaban J connectivity index is 1.88. The minimum Gasteiger partial charge on any atom is -0.444 e. The van der Waals surface area contributed by atoms with Crippen LogP contribution in [0.1, 0.15) is 33.6 Å². The summed E-state index contributed by atoms with van der Waals surface area (Å²) in [7, 11) is -2.96. The smallest absolute Gasteiger partial charge is 0.410 e. The van der Waals surface area contributed by atoms with E-state index in [1.807, 2.05) is 20.8 Å². The molecular formula is C15H28N2O5S. The molecule has 2 rings (SSSR count). The quantitative estimate of drug-likeness (QED) is 0.812. The fourth-order valence-electron chi connectivity index (χ4n) is 2.81. The molecule has 2 atom stereocenters. The minimum absolute atomic E-state index is 0.0826. The first-order chi connectivity index (χ1) is 10.7. The van der Waals surface area contributed by atoms with Crippen molar-refractivity contribution in [3.63, 3.8) is 0 Å². The molecule has 0 spiro atoms. The second kappa shape index (κ2) is 7.36. The van der Waals surface area contributed by atoms with Crippen LogP contribution < -0.4 is 5.32 Å². The predicted molar refractivity (Wildman–Crippen MR) is 87.2 cm³/mol. The number of carbonyl (C=O) groups excluding carboxylic acids is 1. The van der Waals surface area contributed by atoms with Crippen LogP contribution in [0.4, 0.5) is 4.79 Å². The van der Waals surface area contributed by atoms with Gasteiger partial charge in [0.05, 0.1) is 24.2 Å². The maximum atomic E-state index is 12.2. The number of rotatable bonds is 3. The average Bonchev–Trinajstić information content (AvgIpc) is 2.62. The van der Waals surface area contributed by atoms with Crippen LogP contribution in [0.2, 0.25) is 0 Å². The fourth-order valence-corrected chi connectivity index (χ4v) is 4.59. The van der Waals surface area contributed by atoms with Gasteiger partial charge in [-0.3, -0.25) is 0 Å². The number of ether oxygens (including phenoxy) is 2. The number of amides is 1. The van der Waals surface area contributed by atoms with Gasteiger partial charge in [0.25, 0.3) is 0 Å². The molecule has 23 heavy (non-hydrogen) atoms. The summed E-state index contributed by atoms with van der Waals surface area (Å²) in [5, 5.41) is 2.93. The molecule has 0 radical (unpaired) electrons. The number of carbonyl (C=O) groups is 1. The number of hydrogen-bond acceptors (Lipinski definition) is 6. The van der Waals surface area contributed by atoms with E-state index in [4.69, 9.17) is 9.47 Å². The molecule has 0 aromatic rings. The molecule has 2 saturated heterocycles. The third-order valence-corrected chi connectivity index (χ3v) is 6.29. The van der Waals surface area contributed by atoms with Gasteiger partial charge in [-0.15, -0.1) is 0 Å². The molecule has 0 saturated carbocycles. The topological polar surface area (TPSA) is 84.9 Å². The van der Waals surface area contributed by atoms with Gasteiger partial charge in [0.15, 0.2) is 9.84 Å². The zero-order valence-electron chi connectivity index (χ0n) is 14.2. The lowest BCUT2D eigenvalue weighted by Gasteiger charge is -2.28. The maximum Gasteiger partial charge on any atom is 0.410 e. The predicted octanol–water partition coefficient (Wildman–Crippen LogP) is 0.789. The van der Waals surface area contributed by atoms with E-state index in [1.165, 1.54) is 0 Å². The number of nitrogens with one attached hydrogen (secondary N) is 1. The molecular weight excluding hydrogens is 320 g/mol. The van der Waals surface area contributed by atoms with Gasteiger partial charge in [-0.05, 0) is 33.6 Å². The van der Waals surface area contributed by atoms with Gasteiger partial charge >= 0.3 is 6.09 Å². The van der Waals surface area contributed by atoms with Crippen LogP contribution in [0.15, 0.2) is 0 Å². The highest BCUT2D eigenvalue weighted by atomic mass is 32.2. The lowest BCUT2D eigenvalue weighted by molar-refractivity contribution is 0.0238. The van der Waals surface area contributed by atoms with Gasteiger partial charge in [-0.2, -0.15) is 0 Å². The van der Waals surface area contributed by atoms with E-state index in [0.29, 0.717) is 39.3 Å². The van der Waals surface area contributed by atoms with E-state index in [1.54, 1.807) is 4.90 Å². The summed E-state index contributed by atoms with van der Waals surface area (Å²) < 4.78 is 34.7. The van der Waals surface area contributed by atoms with Crippen LogP contribution >= 0.6 is 0 Å². The summed E-state index contributed by atoms with van der Waals surface area (Å²) in [6.07, 6.45) is 1.08. The van der Waals surface area contributed by atoms with Gasteiger partial charge < -0.3 is 19.7 Å². The van der Waals surface area contributed by atoms with E-state index in [0.717, 1.165) is 6.42 Å². The lowest BCUT2D eigenvalue weighted by Crippen LogP contribution is -2.47. The molecule has 1 amide bonds. The van der Waals surface area contributed by atoms with Crippen molar-refractivity contribution in [1.82, 2.24) is 10.2 Å². The van der Waals surface area contributed by atoms with Crippen LogP contribution in [0, 0.1) is 0 Å². The van der Waals surface area contributed by atoms with E-state index in [9.17, 15) is 13.2 Å². The minimum atomic E-state index is -2.96. The number of hydrogen-bond donors (Lipinski definition) is 1. The standard InChI is InChI=1S/C15H28N2O5S/c1-15(2,3)22-14(18)17-6-7-21-11-12(10-17)16-9-13-5-4-8-23(13,19)20/h12-13,16H,4-11H2,1-3H3. The SMILES string of the molecule is CC(C)(C)OC(=O)N1CCOCC(NCC2CCCS2(=O)=O)C1. The summed E-state index contributed by atoms with van der Waals surface area (Å²) in [4.78, 5) is 13.8. The summed E-state index contributed by atoms with van der Waals surface area (Å²) in [5.74, 6) is 0.282. The van der Waals surface area contributed by atoms with Crippen molar-refractivity contribution in [2.45, 2.75) is 50.5 Å². The van der Waals surface area contributed by atoms with Crippen molar-refractivity contribution in [3.05, 3.63) is 0 Å². The monoisotopic (exact) mass is 348 g/mol. The van der Waals surface area contributed by atoms with Crippen LogP contribution in [-0.2, 0) is 19.3 Å². The maximum absolute atomic E-state index is 12.2. The molecule has 2 unspecified atom stereocenters. The molecule has 2 aliphatic rings. The third kappa shape index (κ3) is 5.61. The van der Waals surface area contributed by atoms with E-state index in [2.05, 4.69) is 5.32 Å². The summed E-state index contributed by atoms with van der Waals surface area (Å²) in [5.41, 5.74) is -0.537. The van der Waals surface area contributed by atoms with Crippen molar-refractivity contribution >= 4 is 15.9 Å². The Morgan fingerprint density at radius 3 is 2.74 bits per heavy atom. The third-order valence-electron chi connectivity index (χ3n) is 4.01. The molecule has 7 nitrogen and oxygen atoms in total. The van der Waals surface area contributed by atoms with Crippen LogP contribution in [0.3, 0.4) is 0 Å². The Bertz CT molecular complexity index is 514. The molecule has 0 aromatic carbocycles. The Morgan fingerprint density at radius 2 is 2.13 bits per heavy atom. The van der Waals surface area contributed by atoms with Crippen molar-refractivity contribution in [3.8, 4) is 0 Å². The van der Waals surface area contributed by atoms with Crippen molar-refractivity contribution in [2.75, 3.05) is 38.6 Å². The van der Waals surface area contributed by atoms with Crippen LogP contribution in [0.5, 0.6) is 0 Å². The van der Waals surface area contributed by atoms with Gasteiger partial charge in [0, 0.05) is 25.7 Å². The van der Waals surface area contributed by atoms with Gasteiger partial charge in [-0.1, -0.05) is 0 Å². The van der Waals surface area contributed by atoms with Crippen molar-refractivity contribution < 1.29 is 22.7 Å². The second-order valence-corrected chi connectivity index (χ2v) is 9.64. The molecule has 0 aliphatic carbocycles. The average molecular weight is 348 g/mol. The molecule has 134 valence electrons. The second-order valence-electron chi connectivity index (χ2n) is 7.24. The van der Waals surface area contributed by atoms with Crippen molar-refractivity contribution in [1.29, 1.82) is 0 Å². The van der Waals surface area contributed by atoms with Gasteiger partial charge in [-0.25, -0.2) is 13.2 Å². The summed E-state index contributed by atoms with van der Waals surface area (Å²) >= 11 is 0. The lowest BCUT2D eigenvalue weighted by atomic mass is 10.2. The van der Waals surface area contributed by atoms with Crippen LogP contribution in [-0.4, -0.2) is 74.9 Å². The van der Waals surface area contributed by atoms with E-state index >= 15 is 0 Å². The zero-order valence-corrected chi connectivity index (χ0v) is 15.0. The molecule has 2 fully saturated rings. The van der Waals surface area contributed by atoms with E-state index < -0.39 is 15.4 Å². The highest BCUT2D eigenvalue weighted by Crippen LogP contribution is 2.19. The van der Waals surface area contributed by atoms with Crippen molar-refractivity contribution in [2.24, 2.45) is 0 Å². The fraction of sp³-hybridized carbons (Fsp3) is 0.933. The van der Waals surface area contributed by atoms with Crippen LogP contribution in [0.25, 0.3) is 0 Å². The summed E-state index contributed by atoms with van der Waals surface area (Å²) in [6.45, 7) is 7.78. The molecule has 8 heteroatoms. The largest absolute Gasteiger partial charge is 0.444 e. The highest BCUT2D eigenvalue weighted by Gasteiger charge is 2.32. The normalized spacial score (nSPS) is 28.4. The first-order valence-electron chi connectivity index (χ1n) is 8.18. The Morgan fingerprint density at radius 1 is 1.39 bits per heavy atom. The molecule has 0 aromatic heterocycles. The van der Waals surface area contributed by atoms with E-state index in [-0.39, 0.29) is 23.1 Å².